The third-order valence-corrected chi connectivity index (χ3v) is 4.74. The Balaban J connectivity index is 1.76. The molecule has 0 radical (unpaired) electrons. The van der Waals surface area contributed by atoms with Crippen LogP contribution in [0.15, 0.2) is 48.7 Å². The molecule has 3 aromatic rings. The van der Waals surface area contributed by atoms with Gasteiger partial charge in [0.05, 0.1) is 0 Å². The van der Waals surface area contributed by atoms with Gasteiger partial charge in [-0.25, -0.2) is 9.59 Å². The first-order valence-electron chi connectivity index (χ1n) is 10.4. The second-order valence-corrected chi connectivity index (χ2v) is 8.87. The van der Waals surface area contributed by atoms with Gasteiger partial charge in [-0.2, -0.15) is 0 Å². The van der Waals surface area contributed by atoms with Gasteiger partial charge in [-0.3, -0.25) is 0 Å². The summed E-state index contributed by atoms with van der Waals surface area (Å²) in [5.41, 5.74) is 4.34. The second kappa shape index (κ2) is 9.25. The molecule has 0 aliphatic carbocycles. The lowest BCUT2D eigenvalue weighted by Crippen LogP contribution is -2.45. The summed E-state index contributed by atoms with van der Waals surface area (Å²) in [5.74, 6) is -0.504. The maximum Gasteiger partial charge on any atom is 0.408 e. The second-order valence-electron chi connectivity index (χ2n) is 8.87. The highest BCUT2D eigenvalue weighted by Crippen LogP contribution is 2.20. The van der Waals surface area contributed by atoms with Crippen LogP contribution in [0.4, 0.5) is 4.79 Å². The number of H-pyrrole nitrogens is 1. The molecule has 0 unspecified atom stereocenters. The summed E-state index contributed by atoms with van der Waals surface area (Å²) in [7, 11) is 0. The van der Waals surface area contributed by atoms with E-state index in [0.29, 0.717) is 0 Å². The number of rotatable bonds is 6. The van der Waals surface area contributed by atoms with E-state index in [1.807, 2.05) is 56.4 Å². The van der Waals surface area contributed by atoms with Gasteiger partial charge in [-0.1, -0.05) is 47.5 Å². The quantitative estimate of drug-likeness (QED) is 0.550. The molecule has 1 aromatic heterocycles. The number of carbonyl (C=O) groups is 2. The Kier molecular flexibility index (Phi) is 6.68. The molecule has 2 N–H and O–H groups in total. The number of hydrogen-bond donors (Lipinski definition) is 2. The van der Waals surface area contributed by atoms with Crippen LogP contribution in [-0.2, 0) is 27.3 Å². The average molecular weight is 423 g/mol. The van der Waals surface area contributed by atoms with Gasteiger partial charge in [0, 0.05) is 23.5 Å². The summed E-state index contributed by atoms with van der Waals surface area (Å²) in [6, 6.07) is 13.0. The Bertz CT molecular complexity index is 1060. The molecule has 2 aromatic carbocycles. The zero-order valence-corrected chi connectivity index (χ0v) is 18.7. The van der Waals surface area contributed by atoms with Gasteiger partial charge in [-0.05, 0) is 51.8 Å². The first kappa shape index (κ1) is 22.4. The molecule has 0 fully saturated rings. The molecule has 31 heavy (non-hydrogen) atoms. The minimum atomic E-state index is -0.875. The van der Waals surface area contributed by atoms with Crippen molar-refractivity contribution >= 4 is 23.0 Å². The predicted octanol–water partition coefficient (Wildman–Crippen LogP) is 4.96. The van der Waals surface area contributed by atoms with Crippen molar-refractivity contribution in [3.05, 3.63) is 70.9 Å². The molecule has 0 saturated carbocycles. The van der Waals surface area contributed by atoms with E-state index in [4.69, 9.17) is 9.47 Å². The minimum absolute atomic E-state index is 0.141. The van der Waals surface area contributed by atoms with Gasteiger partial charge in [0.15, 0.2) is 0 Å². The standard InChI is InChI=1S/C25H30N2O4/c1-16-10-17(2)12-18(11-16)15-30-23(28)22(27-24(29)31-25(3,4)5)13-19-14-26-21-9-7-6-8-20(19)21/h6-12,14,22,26H,13,15H2,1-5H3,(H,27,29)/t22-/m1/s1. The molecule has 6 nitrogen and oxygen atoms in total. The van der Waals surface area contributed by atoms with Crippen LogP contribution < -0.4 is 5.32 Å². The van der Waals surface area contributed by atoms with Crippen molar-refractivity contribution in [2.45, 2.75) is 59.3 Å². The maximum atomic E-state index is 12.9. The normalized spacial score (nSPS) is 12.4. The molecule has 164 valence electrons. The highest BCUT2D eigenvalue weighted by Gasteiger charge is 2.27. The Labute approximate surface area is 182 Å². The van der Waals surface area contributed by atoms with Crippen molar-refractivity contribution in [2.75, 3.05) is 0 Å². The topological polar surface area (TPSA) is 80.4 Å². The first-order chi connectivity index (χ1) is 14.6. The average Bonchev–Trinajstić information content (AvgIpc) is 3.06. The van der Waals surface area contributed by atoms with Crippen LogP contribution in [0.5, 0.6) is 0 Å². The highest BCUT2D eigenvalue weighted by molar-refractivity contribution is 5.86. The Morgan fingerprint density at radius 1 is 1.06 bits per heavy atom. The predicted molar refractivity (Wildman–Crippen MR) is 121 cm³/mol. The molecular formula is C25H30N2O4. The first-order valence-corrected chi connectivity index (χ1v) is 10.4. The number of ether oxygens (including phenoxy) is 2. The largest absolute Gasteiger partial charge is 0.459 e. The zero-order chi connectivity index (χ0) is 22.6. The summed E-state index contributed by atoms with van der Waals surface area (Å²) < 4.78 is 10.9. The molecule has 0 aliphatic rings. The van der Waals surface area contributed by atoms with Crippen LogP contribution in [-0.4, -0.2) is 28.7 Å². The Morgan fingerprint density at radius 3 is 2.42 bits per heavy atom. The Hall–Kier alpha value is -3.28. The molecule has 0 saturated heterocycles. The summed E-state index contributed by atoms with van der Waals surface area (Å²) in [6.07, 6.45) is 1.49. The van der Waals surface area contributed by atoms with Crippen LogP contribution in [0.2, 0.25) is 0 Å². The van der Waals surface area contributed by atoms with E-state index < -0.39 is 23.7 Å². The van der Waals surface area contributed by atoms with Crippen molar-refractivity contribution < 1.29 is 19.1 Å². The summed E-state index contributed by atoms with van der Waals surface area (Å²) >= 11 is 0. The van der Waals surface area contributed by atoms with E-state index in [2.05, 4.69) is 16.4 Å². The molecule has 1 atom stereocenters. The molecule has 1 heterocycles. The van der Waals surface area contributed by atoms with Crippen LogP contribution in [0.1, 0.15) is 43.0 Å². The van der Waals surface area contributed by atoms with Gasteiger partial charge >= 0.3 is 12.1 Å². The fraction of sp³-hybridized carbons (Fsp3) is 0.360. The number of benzene rings is 2. The van der Waals surface area contributed by atoms with Gasteiger partial charge in [0.1, 0.15) is 18.2 Å². The summed E-state index contributed by atoms with van der Waals surface area (Å²) in [4.78, 5) is 28.5. The summed E-state index contributed by atoms with van der Waals surface area (Å²) in [6.45, 7) is 9.48. The van der Waals surface area contributed by atoms with Crippen molar-refractivity contribution in [3.63, 3.8) is 0 Å². The molecule has 0 aliphatic heterocycles. The van der Waals surface area contributed by atoms with E-state index in [0.717, 1.165) is 33.2 Å². The van der Waals surface area contributed by atoms with Gasteiger partial charge in [0.2, 0.25) is 0 Å². The van der Waals surface area contributed by atoms with Crippen LogP contribution in [0.25, 0.3) is 10.9 Å². The van der Waals surface area contributed by atoms with E-state index in [1.165, 1.54) is 0 Å². The third kappa shape index (κ3) is 6.35. The number of aromatic nitrogens is 1. The number of alkyl carbamates (subject to hydrolysis) is 1. The van der Waals surface area contributed by atoms with Crippen molar-refractivity contribution in [1.82, 2.24) is 10.3 Å². The number of aryl methyl sites for hydroxylation is 2. The minimum Gasteiger partial charge on any atom is -0.459 e. The summed E-state index contributed by atoms with van der Waals surface area (Å²) in [5, 5.41) is 3.69. The number of fused-ring (bicyclic) bond motifs is 1. The molecule has 0 spiro atoms. The molecule has 6 heteroatoms. The van der Waals surface area contributed by atoms with E-state index in [1.54, 1.807) is 20.8 Å². The van der Waals surface area contributed by atoms with E-state index in [-0.39, 0.29) is 13.0 Å². The van der Waals surface area contributed by atoms with Crippen LogP contribution in [0.3, 0.4) is 0 Å². The smallest absolute Gasteiger partial charge is 0.408 e. The Morgan fingerprint density at radius 2 is 1.74 bits per heavy atom. The highest BCUT2D eigenvalue weighted by atomic mass is 16.6. The third-order valence-electron chi connectivity index (χ3n) is 4.74. The van der Waals surface area contributed by atoms with Gasteiger partial charge in [-0.15, -0.1) is 0 Å². The number of para-hydroxylation sites is 1. The van der Waals surface area contributed by atoms with Gasteiger partial charge < -0.3 is 19.8 Å². The lowest BCUT2D eigenvalue weighted by atomic mass is 10.0. The van der Waals surface area contributed by atoms with Crippen LogP contribution in [0, 0.1) is 13.8 Å². The number of esters is 1. The molecular weight excluding hydrogens is 392 g/mol. The number of nitrogens with one attached hydrogen (secondary N) is 2. The number of amides is 1. The SMILES string of the molecule is Cc1cc(C)cc(COC(=O)[C@@H](Cc2c[nH]c3ccccc23)NC(=O)OC(C)(C)C)c1. The monoisotopic (exact) mass is 422 g/mol. The molecule has 3 rings (SSSR count). The number of aromatic amines is 1. The lowest BCUT2D eigenvalue weighted by Gasteiger charge is -2.23. The maximum absolute atomic E-state index is 12.9. The van der Waals surface area contributed by atoms with Gasteiger partial charge in [0.25, 0.3) is 0 Å². The molecule has 0 bridgehead atoms. The van der Waals surface area contributed by atoms with Crippen LogP contribution >= 0.6 is 0 Å². The fourth-order valence-electron chi connectivity index (χ4n) is 3.57. The van der Waals surface area contributed by atoms with E-state index in [9.17, 15) is 9.59 Å². The van der Waals surface area contributed by atoms with Crippen molar-refractivity contribution in [1.29, 1.82) is 0 Å². The van der Waals surface area contributed by atoms with Crippen molar-refractivity contribution in [3.8, 4) is 0 Å². The number of carbonyl (C=O) groups excluding carboxylic acids is 2. The number of hydrogen-bond acceptors (Lipinski definition) is 4. The van der Waals surface area contributed by atoms with Crippen molar-refractivity contribution in [2.24, 2.45) is 0 Å². The fourth-order valence-corrected chi connectivity index (χ4v) is 3.57. The molecule has 1 amide bonds. The van der Waals surface area contributed by atoms with E-state index >= 15 is 0 Å². The zero-order valence-electron chi connectivity index (χ0n) is 18.7. The lowest BCUT2D eigenvalue weighted by molar-refractivity contribution is -0.147.